The highest BCUT2D eigenvalue weighted by Gasteiger charge is 2.39. The molecule has 12 nitrogen and oxygen atoms in total. The number of alkyl halides is 9. The second-order valence-electron chi connectivity index (χ2n) is 8.09. The number of nitrogens with two attached hydrogens (primary N) is 3. The van der Waals surface area contributed by atoms with Crippen molar-refractivity contribution in [2.75, 3.05) is 19.6 Å². The molecule has 256 valence electrons. The number of halogens is 9. The Bertz CT molecular complexity index is 978. The van der Waals surface area contributed by atoms with E-state index in [0.717, 1.165) is 44.1 Å². The van der Waals surface area contributed by atoms with Gasteiger partial charge in [-0.25, -0.2) is 19.2 Å². The molecule has 0 atom stereocenters. The molecule has 0 unspecified atom stereocenters. The van der Waals surface area contributed by atoms with Crippen LogP contribution in [0.5, 0.6) is 0 Å². The van der Waals surface area contributed by atoms with Gasteiger partial charge in [0.1, 0.15) is 0 Å². The highest BCUT2D eigenvalue weighted by atomic mass is 19.4. The summed E-state index contributed by atoms with van der Waals surface area (Å²) in [6.07, 6.45) is -10.8. The number of hydrogen-bond donors (Lipinski definition) is 8. The topological polar surface area (TPSA) is 239 Å². The van der Waals surface area contributed by atoms with E-state index in [0.29, 0.717) is 26.2 Å². The van der Waals surface area contributed by atoms with Crippen molar-refractivity contribution in [1.82, 2.24) is 5.32 Å². The highest BCUT2D eigenvalue weighted by molar-refractivity contribution is 5.73. The Hall–Kier alpha value is -3.85. The van der Waals surface area contributed by atoms with E-state index in [4.69, 9.17) is 52.0 Å². The smallest absolute Gasteiger partial charge is 0.475 e. The maximum absolute atomic E-state index is 10.8. The van der Waals surface area contributed by atoms with Gasteiger partial charge >= 0.3 is 42.5 Å². The first-order chi connectivity index (χ1) is 20.0. The summed E-state index contributed by atoms with van der Waals surface area (Å²) in [6, 6.07) is 4.13. The third-order valence-electron chi connectivity index (χ3n) is 4.69. The van der Waals surface area contributed by atoms with Crippen molar-refractivity contribution in [1.29, 1.82) is 0 Å². The van der Waals surface area contributed by atoms with Crippen LogP contribution in [0, 0.1) is 0 Å². The number of rotatable bonds is 11. The van der Waals surface area contributed by atoms with E-state index in [9.17, 15) is 44.3 Å². The Kier molecular flexibility index (Phi) is 22.1. The quantitative estimate of drug-likeness (QED) is 0.160. The number of aryl methyl sites for hydroxylation is 1. The lowest BCUT2D eigenvalue weighted by molar-refractivity contribution is -0.193. The Morgan fingerprint density at radius 3 is 1.11 bits per heavy atom. The average molecular weight is 665 g/mol. The number of nitrogens with one attached hydrogen (secondary N) is 1. The zero-order valence-corrected chi connectivity index (χ0v) is 22.8. The molecule has 21 heteroatoms. The van der Waals surface area contributed by atoms with Gasteiger partial charge in [0.25, 0.3) is 0 Å². The molecule has 0 fully saturated rings. The highest BCUT2D eigenvalue weighted by Crippen LogP contribution is 2.24. The van der Waals surface area contributed by atoms with E-state index < -0.39 is 42.5 Å². The molecule has 0 saturated heterocycles. The molecule has 1 rings (SSSR count). The molecule has 0 aromatic heterocycles. The van der Waals surface area contributed by atoms with Crippen molar-refractivity contribution >= 4 is 24.0 Å². The Balaban J connectivity index is -0.000000649. The molecule has 0 bridgehead atoms. The molecule has 0 radical (unpaired) electrons. The summed E-state index contributed by atoms with van der Waals surface area (Å²) in [7, 11) is 0. The van der Waals surface area contributed by atoms with Gasteiger partial charge in [-0.05, 0) is 80.4 Å². The summed E-state index contributed by atoms with van der Waals surface area (Å²) in [4.78, 5) is 37.5. The van der Waals surface area contributed by atoms with Crippen LogP contribution < -0.4 is 22.5 Å². The van der Waals surface area contributed by atoms with Gasteiger partial charge in [-0.3, -0.25) is 0 Å². The number of carboxylic acid groups (broad SMARTS) is 4. The maximum atomic E-state index is 10.8. The van der Waals surface area contributed by atoms with Gasteiger partial charge in [-0.1, -0.05) is 12.1 Å². The van der Waals surface area contributed by atoms with E-state index in [1.165, 1.54) is 16.7 Å². The third-order valence-corrected chi connectivity index (χ3v) is 4.69. The molecule has 0 aliphatic heterocycles. The first kappa shape index (κ1) is 44.6. The molecule has 0 aliphatic rings. The van der Waals surface area contributed by atoms with Gasteiger partial charge in [0.15, 0.2) is 0 Å². The lowest BCUT2D eigenvalue weighted by Crippen LogP contribution is -2.22. The van der Waals surface area contributed by atoms with Gasteiger partial charge in [0, 0.05) is 6.54 Å². The summed E-state index contributed by atoms with van der Waals surface area (Å²) in [6.45, 7) is 2.25. The van der Waals surface area contributed by atoms with E-state index in [2.05, 4.69) is 11.4 Å². The van der Waals surface area contributed by atoms with Crippen LogP contribution in [0.15, 0.2) is 12.1 Å². The van der Waals surface area contributed by atoms with Crippen molar-refractivity contribution in [2.45, 2.75) is 63.6 Å². The van der Waals surface area contributed by atoms with Crippen LogP contribution >= 0.6 is 0 Å². The molecular formula is C23H33F9N4O8. The Labute approximate surface area is 244 Å². The van der Waals surface area contributed by atoms with Crippen LogP contribution in [0.1, 0.15) is 41.5 Å². The zero-order valence-electron chi connectivity index (χ0n) is 22.8. The number of benzene rings is 1. The monoisotopic (exact) mass is 664 g/mol. The van der Waals surface area contributed by atoms with E-state index >= 15 is 0 Å². The summed E-state index contributed by atoms with van der Waals surface area (Å²) in [5.74, 6) is -8.27. The molecule has 0 aliphatic carbocycles. The van der Waals surface area contributed by atoms with Crippen LogP contribution in [0.2, 0.25) is 0 Å². The van der Waals surface area contributed by atoms with Crippen LogP contribution in [0.3, 0.4) is 0 Å². The van der Waals surface area contributed by atoms with Gasteiger partial charge < -0.3 is 42.9 Å². The summed E-state index contributed by atoms with van der Waals surface area (Å²) in [5.41, 5.74) is 21.9. The van der Waals surface area contributed by atoms with Crippen LogP contribution in [0.4, 0.5) is 44.3 Å². The second kappa shape index (κ2) is 21.8. The van der Waals surface area contributed by atoms with E-state index in [-0.39, 0.29) is 0 Å². The molecule has 0 saturated carbocycles. The predicted octanol–water partition coefficient (Wildman–Crippen LogP) is 3.03. The van der Waals surface area contributed by atoms with Gasteiger partial charge in [-0.15, -0.1) is 0 Å². The van der Waals surface area contributed by atoms with E-state index in [1.807, 2.05) is 6.07 Å². The summed E-state index contributed by atoms with van der Waals surface area (Å²) in [5, 5.41) is 32.7. The molecule has 1 aromatic carbocycles. The number of carboxylic acids is 3. The maximum Gasteiger partial charge on any atom is 0.490 e. The molecule has 1 aromatic rings. The lowest BCUT2D eigenvalue weighted by atomic mass is 9.88. The third kappa shape index (κ3) is 22.7. The SMILES string of the molecule is NCCCc1ccc(CNC(=O)O)c(CCCN)c1CCCN.O=C(O)C(F)(F)F.O=C(O)C(F)(F)F.O=C(O)C(F)(F)F. The van der Waals surface area contributed by atoms with Crippen molar-refractivity contribution in [3.63, 3.8) is 0 Å². The zero-order chi connectivity index (χ0) is 35.3. The summed E-state index contributed by atoms with van der Waals surface area (Å²) >= 11 is 0. The molecule has 44 heavy (non-hydrogen) atoms. The molecule has 0 heterocycles. The minimum atomic E-state index is -5.08. The average Bonchev–Trinajstić information content (AvgIpc) is 2.88. The molecule has 0 spiro atoms. The minimum absolute atomic E-state index is 0.321. The Morgan fingerprint density at radius 2 is 0.841 bits per heavy atom. The van der Waals surface area contributed by atoms with Gasteiger partial charge in [-0.2, -0.15) is 39.5 Å². The van der Waals surface area contributed by atoms with Crippen LogP contribution in [-0.4, -0.2) is 82.6 Å². The fraction of sp³-hybridized carbons (Fsp3) is 0.565. The van der Waals surface area contributed by atoms with Crippen molar-refractivity contribution in [2.24, 2.45) is 17.2 Å². The van der Waals surface area contributed by atoms with Gasteiger partial charge in [0.05, 0.1) is 0 Å². The number of amides is 1. The van der Waals surface area contributed by atoms with Crippen LogP contribution in [-0.2, 0) is 40.2 Å². The second-order valence-corrected chi connectivity index (χ2v) is 8.09. The van der Waals surface area contributed by atoms with Gasteiger partial charge in [0.2, 0.25) is 0 Å². The normalized spacial score (nSPS) is 11.0. The molecular weight excluding hydrogens is 631 g/mol. The standard InChI is InChI=1S/C17H30N4O2.3C2HF3O2/c18-9-1-4-13-7-8-14(12-21-17(22)23)16(6-3-11-20)15(13)5-2-10-19;3*3-2(4,5)1(6)7/h7-8,21H,1-6,9-12,18-20H2,(H,22,23);3*(H,6,7). The fourth-order valence-electron chi connectivity index (χ4n) is 2.83. The fourth-order valence-corrected chi connectivity index (χ4v) is 2.83. The largest absolute Gasteiger partial charge is 0.490 e. The first-order valence-electron chi connectivity index (χ1n) is 12.1. The van der Waals surface area contributed by atoms with Crippen molar-refractivity contribution in [3.05, 3.63) is 34.4 Å². The lowest BCUT2D eigenvalue weighted by Gasteiger charge is -2.19. The number of carbonyl (C=O) groups is 4. The number of aliphatic carboxylic acids is 3. The first-order valence-corrected chi connectivity index (χ1v) is 12.1. The number of hydrogen-bond acceptors (Lipinski definition) is 7. The molecule has 11 N–H and O–H groups in total. The Morgan fingerprint density at radius 1 is 0.568 bits per heavy atom. The minimum Gasteiger partial charge on any atom is -0.475 e. The van der Waals surface area contributed by atoms with E-state index in [1.54, 1.807) is 0 Å². The predicted molar refractivity (Wildman–Crippen MR) is 135 cm³/mol. The van der Waals surface area contributed by atoms with Crippen molar-refractivity contribution < 1.29 is 79.1 Å². The van der Waals surface area contributed by atoms with Crippen molar-refractivity contribution in [3.8, 4) is 0 Å². The molecule has 1 amide bonds. The summed E-state index contributed by atoms with van der Waals surface area (Å²) < 4.78 is 95.2. The van der Waals surface area contributed by atoms with Crippen LogP contribution in [0.25, 0.3) is 0 Å².